The monoisotopic (exact) mass is 334 g/mol. The first-order valence-corrected chi connectivity index (χ1v) is 7.83. The summed E-state index contributed by atoms with van der Waals surface area (Å²) in [6.45, 7) is 2.90. The van der Waals surface area contributed by atoms with Crippen molar-refractivity contribution >= 4 is 46.1 Å². The zero-order valence-corrected chi connectivity index (χ0v) is 13.4. The second-order valence-corrected chi connectivity index (χ2v) is 6.75. The van der Waals surface area contributed by atoms with Crippen LogP contribution in [0.1, 0.15) is 24.1 Å². The van der Waals surface area contributed by atoms with E-state index in [0.29, 0.717) is 9.36 Å². The lowest BCUT2D eigenvalue weighted by Crippen LogP contribution is -2.22. The molecule has 0 spiro atoms. The number of aromatic nitrogens is 1. The SMILES string of the molecule is CCNC(Cc1ccncc1Cl)c1cc(Cl)sc1Cl. The molecule has 0 amide bonds. The van der Waals surface area contributed by atoms with Gasteiger partial charge in [0.05, 0.1) is 13.7 Å². The molecule has 0 aliphatic carbocycles. The van der Waals surface area contributed by atoms with Crippen molar-refractivity contribution in [3.8, 4) is 0 Å². The van der Waals surface area contributed by atoms with Gasteiger partial charge in [0.25, 0.3) is 0 Å². The highest BCUT2D eigenvalue weighted by atomic mass is 35.5. The van der Waals surface area contributed by atoms with Gasteiger partial charge in [-0.15, -0.1) is 11.3 Å². The summed E-state index contributed by atoms with van der Waals surface area (Å²) in [5.41, 5.74) is 2.06. The zero-order valence-electron chi connectivity index (χ0n) is 10.3. The van der Waals surface area contributed by atoms with Crippen molar-refractivity contribution < 1.29 is 0 Å². The normalized spacial score (nSPS) is 12.6. The summed E-state index contributed by atoms with van der Waals surface area (Å²) in [6, 6.07) is 3.94. The Kier molecular flexibility index (Phi) is 5.48. The zero-order chi connectivity index (χ0) is 13.8. The van der Waals surface area contributed by atoms with Crippen LogP contribution in [0.2, 0.25) is 13.7 Å². The van der Waals surface area contributed by atoms with Crippen molar-refractivity contribution in [2.24, 2.45) is 0 Å². The van der Waals surface area contributed by atoms with Gasteiger partial charge in [0.15, 0.2) is 0 Å². The highest BCUT2D eigenvalue weighted by Gasteiger charge is 2.18. The Morgan fingerprint density at radius 1 is 1.37 bits per heavy atom. The van der Waals surface area contributed by atoms with Gasteiger partial charge in [-0.3, -0.25) is 4.98 Å². The van der Waals surface area contributed by atoms with Crippen LogP contribution in [0.25, 0.3) is 0 Å². The minimum absolute atomic E-state index is 0.0983. The molecule has 2 rings (SSSR count). The summed E-state index contributed by atoms with van der Waals surface area (Å²) in [7, 11) is 0. The third-order valence-electron chi connectivity index (χ3n) is 2.79. The van der Waals surface area contributed by atoms with Crippen molar-refractivity contribution in [3.63, 3.8) is 0 Å². The number of thiophene rings is 1. The van der Waals surface area contributed by atoms with Gasteiger partial charge in [-0.2, -0.15) is 0 Å². The van der Waals surface area contributed by atoms with Crippen molar-refractivity contribution in [1.29, 1.82) is 0 Å². The summed E-state index contributed by atoms with van der Waals surface area (Å²) < 4.78 is 1.42. The van der Waals surface area contributed by atoms with Crippen LogP contribution in [0.15, 0.2) is 24.5 Å². The minimum Gasteiger partial charge on any atom is -0.310 e. The molecule has 1 unspecified atom stereocenters. The maximum absolute atomic E-state index is 6.23. The lowest BCUT2D eigenvalue weighted by Gasteiger charge is -2.18. The highest BCUT2D eigenvalue weighted by Crippen LogP contribution is 2.36. The van der Waals surface area contributed by atoms with E-state index in [4.69, 9.17) is 34.8 Å². The molecule has 2 heterocycles. The molecule has 0 saturated carbocycles. The van der Waals surface area contributed by atoms with E-state index >= 15 is 0 Å². The summed E-state index contributed by atoms with van der Waals surface area (Å²) >= 11 is 19.8. The van der Waals surface area contributed by atoms with Crippen LogP contribution in [-0.2, 0) is 6.42 Å². The van der Waals surface area contributed by atoms with Gasteiger partial charge in [0.2, 0.25) is 0 Å². The molecular weight excluding hydrogens is 323 g/mol. The molecule has 0 fully saturated rings. The van der Waals surface area contributed by atoms with Gasteiger partial charge >= 0.3 is 0 Å². The molecule has 0 saturated heterocycles. The van der Waals surface area contributed by atoms with Gasteiger partial charge in [0, 0.05) is 24.0 Å². The van der Waals surface area contributed by atoms with Gasteiger partial charge < -0.3 is 5.32 Å². The Morgan fingerprint density at radius 2 is 2.16 bits per heavy atom. The number of pyridine rings is 1. The van der Waals surface area contributed by atoms with Crippen molar-refractivity contribution in [2.45, 2.75) is 19.4 Å². The predicted octanol–water partition coefficient (Wildman–Crippen LogP) is 5.00. The third kappa shape index (κ3) is 3.83. The number of nitrogens with zero attached hydrogens (tertiary/aromatic N) is 1. The van der Waals surface area contributed by atoms with E-state index in [-0.39, 0.29) is 6.04 Å². The molecule has 0 bridgehead atoms. The first-order chi connectivity index (χ1) is 9.11. The van der Waals surface area contributed by atoms with Crippen LogP contribution >= 0.6 is 46.1 Å². The number of nitrogens with one attached hydrogen (secondary N) is 1. The number of rotatable bonds is 5. The fraction of sp³-hybridized carbons (Fsp3) is 0.308. The predicted molar refractivity (Wildman–Crippen MR) is 83.7 cm³/mol. The lowest BCUT2D eigenvalue weighted by molar-refractivity contribution is 0.551. The average molecular weight is 336 g/mol. The molecule has 0 aliphatic heterocycles. The van der Waals surface area contributed by atoms with E-state index in [1.807, 2.05) is 12.1 Å². The van der Waals surface area contributed by atoms with Crippen molar-refractivity contribution in [2.75, 3.05) is 6.54 Å². The summed E-state index contributed by atoms with van der Waals surface area (Å²) in [5.74, 6) is 0. The highest BCUT2D eigenvalue weighted by molar-refractivity contribution is 7.20. The van der Waals surface area contributed by atoms with Crippen LogP contribution in [0, 0.1) is 0 Å². The Labute approximate surface area is 131 Å². The van der Waals surface area contributed by atoms with Crippen molar-refractivity contribution in [1.82, 2.24) is 10.3 Å². The topological polar surface area (TPSA) is 24.9 Å². The van der Waals surface area contributed by atoms with Crippen LogP contribution in [0.4, 0.5) is 0 Å². The Hall–Kier alpha value is -0.320. The first-order valence-electron chi connectivity index (χ1n) is 5.88. The molecule has 102 valence electrons. The fourth-order valence-electron chi connectivity index (χ4n) is 1.92. The molecule has 19 heavy (non-hydrogen) atoms. The van der Waals surface area contributed by atoms with Crippen LogP contribution < -0.4 is 5.32 Å². The van der Waals surface area contributed by atoms with E-state index in [1.165, 1.54) is 11.3 Å². The van der Waals surface area contributed by atoms with Gasteiger partial charge in [0.1, 0.15) is 0 Å². The van der Waals surface area contributed by atoms with Crippen LogP contribution in [0.3, 0.4) is 0 Å². The lowest BCUT2D eigenvalue weighted by atomic mass is 10.0. The summed E-state index contributed by atoms with van der Waals surface area (Å²) in [6.07, 6.45) is 4.15. The largest absolute Gasteiger partial charge is 0.310 e. The molecule has 0 aromatic carbocycles. The van der Waals surface area contributed by atoms with Crippen LogP contribution in [-0.4, -0.2) is 11.5 Å². The smallest absolute Gasteiger partial charge is 0.0992 e. The number of hydrogen-bond acceptors (Lipinski definition) is 3. The van der Waals surface area contributed by atoms with E-state index in [9.17, 15) is 0 Å². The fourth-order valence-corrected chi connectivity index (χ4v) is 3.69. The number of likely N-dealkylation sites (N-methyl/N-ethyl adjacent to an activating group) is 1. The second kappa shape index (κ2) is 6.91. The van der Waals surface area contributed by atoms with Crippen LogP contribution in [0.5, 0.6) is 0 Å². The Bertz CT molecular complexity index is 557. The third-order valence-corrected chi connectivity index (χ3v) is 4.65. The maximum atomic E-state index is 6.23. The van der Waals surface area contributed by atoms with Gasteiger partial charge in [-0.25, -0.2) is 0 Å². The van der Waals surface area contributed by atoms with Gasteiger partial charge in [-0.1, -0.05) is 41.7 Å². The quantitative estimate of drug-likeness (QED) is 0.832. The van der Waals surface area contributed by atoms with E-state index in [0.717, 1.165) is 28.4 Å². The first kappa shape index (κ1) is 15.1. The maximum Gasteiger partial charge on any atom is 0.0992 e. The second-order valence-electron chi connectivity index (χ2n) is 4.06. The summed E-state index contributed by atoms with van der Waals surface area (Å²) in [5, 5.41) is 4.08. The standard InChI is InChI=1S/C13H13Cl3N2S/c1-2-18-11(9-6-12(15)19-13(9)16)5-8-3-4-17-7-10(8)14/h3-4,6-7,11,18H,2,5H2,1H3. The minimum atomic E-state index is 0.0983. The molecule has 6 heteroatoms. The molecule has 1 atom stereocenters. The summed E-state index contributed by atoms with van der Waals surface area (Å²) in [4.78, 5) is 4.00. The molecule has 2 nitrogen and oxygen atoms in total. The van der Waals surface area contributed by atoms with E-state index in [2.05, 4.69) is 17.2 Å². The molecule has 2 aromatic heterocycles. The van der Waals surface area contributed by atoms with Crippen molar-refractivity contribution in [3.05, 3.63) is 49.3 Å². The molecule has 2 aromatic rings. The molecule has 1 N–H and O–H groups in total. The molecule has 0 radical (unpaired) electrons. The van der Waals surface area contributed by atoms with E-state index in [1.54, 1.807) is 12.4 Å². The molecular formula is C13H13Cl3N2S. The average Bonchev–Trinajstić information content (AvgIpc) is 2.70. The van der Waals surface area contributed by atoms with E-state index < -0.39 is 0 Å². The van der Waals surface area contributed by atoms with Gasteiger partial charge in [-0.05, 0) is 30.7 Å². The molecule has 0 aliphatic rings. The number of hydrogen-bond donors (Lipinski definition) is 1. The number of halogens is 3. The Balaban J connectivity index is 2.26. The Morgan fingerprint density at radius 3 is 2.74 bits per heavy atom.